The van der Waals surface area contributed by atoms with Crippen LogP contribution in [-0.2, 0) is 0 Å². The predicted molar refractivity (Wildman–Crippen MR) is 240 cm³/mol. The van der Waals surface area contributed by atoms with Gasteiger partial charge in [-0.1, -0.05) is 109 Å². The minimum atomic E-state index is -1.30. The highest BCUT2D eigenvalue weighted by Gasteiger charge is 2.40. The zero-order valence-electron chi connectivity index (χ0n) is 32.9. The SMILES string of the molecule is Cc1cc(C#N)ccc1-c1ccc2c3ccc(-c4ccc(C#N)cc4C)cc3n(-c3cccc4c3C(O)N(c3ccc(-c5ccccc5)cc3-c3ccccc3)C4=O)c2c1. The number of anilines is 1. The number of hydrogen-bond acceptors (Lipinski definition) is 4. The van der Waals surface area contributed by atoms with Crippen LogP contribution >= 0.6 is 0 Å². The molecule has 0 saturated heterocycles. The van der Waals surface area contributed by atoms with Crippen LogP contribution in [0.15, 0.2) is 170 Å². The van der Waals surface area contributed by atoms with Gasteiger partial charge in [-0.05, 0) is 125 Å². The van der Waals surface area contributed by atoms with Crippen molar-refractivity contribution in [2.45, 2.75) is 20.1 Å². The minimum absolute atomic E-state index is 0.285. The first kappa shape index (κ1) is 36.3. The molecule has 1 N–H and O–H groups in total. The first-order chi connectivity index (χ1) is 29.3. The van der Waals surface area contributed by atoms with Gasteiger partial charge in [-0.25, -0.2) is 0 Å². The molecule has 2 heterocycles. The molecule has 0 aliphatic carbocycles. The highest BCUT2D eigenvalue weighted by molar-refractivity contribution is 6.15. The van der Waals surface area contributed by atoms with Crippen molar-refractivity contribution < 1.29 is 9.90 Å². The predicted octanol–water partition coefficient (Wildman–Crippen LogP) is 12.5. The first-order valence-corrected chi connectivity index (χ1v) is 19.8. The fourth-order valence-electron chi connectivity index (χ4n) is 8.95. The van der Waals surface area contributed by atoms with Gasteiger partial charge in [0, 0.05) is 27.5 Å². The molecule has 1 amide bonds. The number of fused-ring (bicyclic) bond motifs is 4. The Bertz CT molecular complexity index is 3180. The third kappa shape index (κ3) is 5.86. The van der Waals surface area contributed by atoms with Gasteiger partial charge in [0.05, 0.1) is 45.7 Å². The van der Waals surface area contributed by atoms with E-state index in [-0.39, 0.29) is 5.91 Å². The molecule has 0 bridgehead atoms. The molecular weight excluding hydrogens is 737 g/mol. The topological polar surface area (TPSA) is 93.0 Å². The van der Waals surface area contributed by atoms with E-state index in [4.69, 9.17) is 0 Å². The Morgan fingerprint density at radius 1 is 0.483 bits per heavy atom. The second kappa shape index (κ2) is 14.4. The second-order valence-corrected chi connectivity index (χ2v) is 15.3. The van der Waals surface area contributed by atoms with Crippen molar-refractivity contribution in [2.24, 2.45) is 0 Å². The molecule has 0 radical (unpaired) electrons. The van der Waals surface area contributed by atoms with Gasteiger partial charge in [0.15, 0.2) is 6.23 Å². The standard InChI is InChI=1S/C54H36N4O2/c1-33-26-35(31-55)16-21-42(33)40-18-23-44-45-24-19-41(43-22-17-36(32-56)27-34(43)2)30-51(45)57(50(44)29-40)49-15-9-14-46-52(49)54(60)58(53(46)59)48-25-20-39(37-10-5-3-6-11-37)28-47(48)38-12-7-4-8-13-38/h3-30,54,60H,1-2H3. The molecule has 0 spiro atoms. The van der Waals surface area contributed by atoms with Gasteiger partial charge in [-0.2, -0.15) is 10.5 Å². The van der Waals surface area contributed by atoms with Crippen LogP contribution in [0, 0.1) is 36.5 Å². The molecule has 10 rings (SSSR count). The summed E-state index contributed by atoms with van der Waals surface area (Å²) in [6, 6.07) is 60.6. The number of aryl methyl sites for hydroxylation is 2. The lowest BCUT2D eigenvalue weighted by Crippen LogP contribution is -2.28. The molecule has 1 unspecified atom stereocenters. The lowest BCUT2D eigenvalue weighted by Gasteiger charge is -2.25. The summed E-state index contributed by atoms with van der Waals surface area (Å²) in [6.07, 6.45) is -1.30. The zero-order chi connectivity index (χ0) is 41.1. The summed E-state index contributed by atoms with van der Waals surface area (Å²) in [5.74, 6) is -0.285. The van der Waals surface area contributed by atoms with Gasteiger partial charge in [-0.3, -0.25) is 9.69 Å². The Kier molecular flexibility index (Phi) is 8.72. The number of aliphatic hydroxyl groups excluding tert-OH is 1. The third-order valence-electron chi connectivity index (χ3n) is 11.8. The molecule has 0 saturated carbocycles. The molecule has 8 aromatic carbocycles. The zero-order valence-corrected chi connectivity index (χ0v) is 32.9. The fraction of sp³-hybridized carbons (Fsp3) is 0.0556. The van der Waals surface area contributed by atoms with Gasteiger partial charge in [0.1, 0.15) is 0 Å². The summed E-state index contributed by atoms with van der Waals surface area (Å²) >= 11 is 0. The number of nitrogens with zero attached hydrogens (tertiary/aromatic N) is 4. The third-order valence-corrected chi connectivity index (χ3v) is 11.8. The molecule has 0 fully saturated rings. The molecule has 9 aromatic rings. The van der Waals surface area contributed by atoms with E-state index >= 15 is 0 Å². The normalized spacial score (nSPS) is 13.4. The van der Waals surface area contributed by atoms with Crippen LogP contribution < -0.4 is 4.90 Å². The highest BCUT2D eigenvalue weighted by atomic mass is 16.3. The first-order valence-electron chi connectivity index (χ1n) is 19.8. The Morgan fingerprint density at radius 3 is 1.58 bits per heavy atom. The monoisotopic (exact) mass is 772 g/mol. The van der Waals surface area contributed by atoms with Crippen LogP contribution in [0.4, 0.5) is 5.69 Å². The molecule has 1 atom stereocenters. The molecule has 1 aliphatic heterocycles. The van der Waals surface area contributed by atoms with Crippen LogP contribution in [0.25, 0.3) is 72.0 Å². The van der Waals surface area contributed by atoms with E-state index in [1.165, 1.54) is 4.90 Å². The minimum Gasteiger partial charge on any atom is -0.369 e. The number of amides is 1. The Hall–Kier alpha value is -8.03. The van der Waals surface area contributed by atoms with Crippen molar-refractivity contribution in [3.8, 4) is 62.3 Å². The summed E-state index contributed by atoms with van der Waals surface area (Å²) in [5.41, 5.74) is 15.0. The Morgan fingerprint density at radius 2 is 1.03 bits per heavy atom. The van der Waals surface area contributed by atoms with E-state index in [0.29, 0.717) is 33.6 Å². The average Bonchev–Trinajstić information content (AvgIpc) is 3.75. The van der Waals surface area contributed by atoms with Crippen LogP contribution in [0.3, 0.4) is 0 Å². The van der Waals surface area contributed by atoms with Gasteiger partial charge >= 0.3 is 0 Å². The summed E-state index contributed by atoms with van der Waals surface area (Å²) in [7, 11) is 0. The van der Waals surface area contributed by atoms with E-state index in [2.05, 4.69) is 71.3 Å². The molecule has 284 valence electrons. The van der Waals surface area contributed by atoms with Crippen molar-refractivity contribution >= 4 is 33.4 Å². The van der Waals surface area contributed by atoms with E-state index in [1.807, 2.05) is 123 Å². The van der Waals surface area contributed by atoms with Crippen molar-refractivity contribution in [3.05, 3.63) is 203 Å². The van der Waals surface area contributed by atoms with E-state index in [1.54, 1.807) is 6.07 Å². The summed E-state index contributed by atoms with van der Waals surface area (Å²) in [4.78, 5) is 16.3. The van der Waals surface area contributed by atoms with Gasteiger partial charge < -0.3 is 9.67 Å². The maximum absolute atomic E-state index is 14.8. The van der Waals surface area contributed by atoms with Gasteiger partial charge in [-0.15, -0.1) is 0 Å². The smallest absolute Gasteiger partial charge is 0.261 e. The number of nitriles is 2. The largest absolute Gasteiger partial charge is 0.369 e. The molecule has 60 heavy (non-hydrogen) atoms. The number of carbonyl (C=O) groups is 1. The summed E-state index contributed by atoms with van der Waals surface area (Å²) in [5, 5.41) is 33.8. The van der Waals surface area contributed by atoms with Crippen molar-refractivity contribution in [3.63, 3.8) is 0 Å². The fourth-order valence-corrected chi connectivity index (χ4v) is 8.95. The average molecular weight is 773 g/mol. The van der Waals surface area contributed by atoms with Crippen LogP contribution in [-0.4, -0.2) is 15.6 Å². The Labute approximate surface area is 347 Å². The van der Waals surface area contributed by atoms with Crippen molar-refractivity contribution in [1.82, 2.24) is 4.57 Å². The van der Waals surface area contributed by atoms with E-state index in [0.717, 1.165) is 77.4 Å². The van der Waals surface area contributed by atoms with Crippen LogP contribution in [0.1, 0.15) is 44.4 Å². The second-order valence-electron chi connectivity index (χ2n) is 15.3. The Balaban J connectivity index is 1.20. The molecule has 6 nitrogen and oxygen atoms in total. The lowest BCUT2D eigenvalue weighted by atomic mass is 9.96. The quantitative estimate of drug-likeness (QED) is 0.182. The van der Waals surface area contributed by atoms with E-state index in [9.17, 15) is 20.4 Å². The number of benzene rings is 8. The molecular formula is C54H36N4O2. The maximum Gasteiger partial charge on any atom is 0.261 e. The summed E-state index contributed by atoms with van der Waals surface area (Å²) < 4.78 is 2.17. The summed E-state index contributed by atoms with van der Waals surface area (Å²) in [6.45, 7) is 4.03. The maximum atomic E-state index is 14.8. The number of aromatic nitrogens is 1. The van der Waals surface area contributed by atoms with Gasteiger partial charge in [0.25, 0.3) is 5.91 Å². The van der Waals surface area contributed by atoms with Gasteiger partial charge in [0.2, 0.25) is 0 Å². The number of rotatable bonds is 6. The van der Waals surface area contributed by atoms with Crippen molar-refractivity contribution in [2.75, 3.05) is 4.90 Å². The van der Waals surface area contributed by atoms with Crippen LogP contribution in [0.2, 0.25) is 0 Å². The number of carbonyl (C=O) groups excluding carboxylic acids is 1. The van der Waals surface area contributed by atoms with E-state index < -0.39 is 6.23 Å². The molecule has 6 heteroatoms. The number of aliphatic hydroxyl groups is 1. The molecule has 1 aliphatic rings. The van der Waals surface area contributed by atoms with Crippen molar-refractivity contribution in [1.29, 1.82) is 10.5 Å². The number of hydrogen-bond donors (Lipinski definition) is 1. The van der Waals surface area contributed by atoms with Crippen LogP contribution in [0.5, 0.6) is 0 Å². The highest BCUT2D eigenvalue weighted by Crippen LogP contribution is 2.46. The lowest BCUT2D eigenvalue weighted by molar-refractivity contribution is 0.0935. The molecule has 1 aromatic heterocycles.